The predicted molar refractivity (Wildman–Crippen MR) is 83.4 cm³/mol. The van der Waals surface area contributed by atoms with E-state index in [9.17, 15) is 0 Å². The van der Waals surface area contributed by atoms with Gasteiger partial charge in [0.05, 0.1) is 19.3 Å². The molecule has 0 spiro atoms. The molecule has 0 aliphatic heterocycles. The van der Waals surface area contributed by atoms with E-state index in [0.717, 1.165) is 23.5 Å². The van der Waals surface area contributed by atoms with Crippen LogP contribution in [-0.2, 0) is 6.54 Å². The van der Waals surface area contributed by atoms with Crippen molar-refractivity contribution in [1.82, 2.24) is 0 Å². The first kappa shape index (κ1) is 14.4. The van der Waals surface area contributed by atoms with E-state index >= 15 is 0 Å². The second-order valence-electron chi connectivity index (χ2n) is 4.29. The number of nitrogens with zero attached hydrogens (tertiary/aromatic N) is 1. The summed E-state index contributed by atoms with van der Waals surface area (Å²) in [6.45, 7) is 0.693. The molecule has 0 saturated carbocycles. The van der Waals surface area contributed by atoms with Crippen molar-refractivity contribution < 1.29 is 9.84 Å². The number of ether oxygens (including phenoxy) is 1. The molecule has 4 heteroatoms. The standard InChI is InChI=1S/C16H17NO2S/c1-17(15-7-3-4-8-16(15)19-2)11-14-10-13(12-20-14)6-5-9-18/h3-4,7-8,10,12,18H,9,11H2,1-2H3. The fraction of sp³-hybridized carbons (Fsp3) is 0.250. The van der Waals surface area contributed by atoms with Gasteiger partial charge in [0.15, 0.2) is 0 Å². The summed E-state index contributed by atoms with van der Waals surface area (Å²) in [4.78, 5) is 3.37. The van der Waals surface area contributed by atoms with E-state index in [0.29, 0.717) is 0 Å². The molecule has 1 heterocycles. The monoisotopic (exact) mass is 287 g/mol. The van der Waals surface area contributed by atoms with Crippen molar-refractivity contribution in [2.24, 2.45) is 0 Å². The smallest absolute Gasteiger partial charge is 0.142 e. The van der Waals surface area contributed by atoms with Gasteiger partial charge < -0.3 is 14.7 Å². The van der Waals surface area contributed by atoms with Gasteiger partial charge in [-0.1, -0.05) is 24.0 Å². The molecule has 20 heavy (non-hydrogen) atoms. The Morgan fingerprint density at radius 1 is 1.35 bits per heavy atom. The summed E-state index contributed by atoms with van der Waals surface area (Å²) in [5, 5.41) is 10.7. The summed E-state index contributed by atoms with van der Waals surface area (Å²) >= 11 is 1.67. The largest absolute Gasteiger partial charge is 0.495 e. The minimum Gasteiger partial charge on any atom is -0.495 e. The first-order valence-electron chi connectivity index (χ1n) is 6.26. The number of hydrogen-bond acceptors (Lipinski definition) is 4. The van der Waals surface area contributed by atoms with Gasteiger partial charge in [-0.15, -0.1) is 11.3 Å². The number of anilines is 1. The van der Waals surface area contributed by atoms with Crippen LogP contribution >= 0.6 is 11.3 Å². The highest BCUT2D eigenvalue weighted by Crippen LogP contribution is 2.28. The molecule has 2 rings (SSSR count). The van der Waals surface area contributed by atoms with Crippen LogP contribution < -0.4 is 9.64 Å². The summed E-state index contributed by atoms with van der Waals surface area (Å²) in [5.74, 6) is 6.44. The molecule has 3 nitrogen and oxygen atoms in total. The Kier molecular flexibility index (Phi) is 5.05. The number of thiophene rings is 1. The lowest BCUT2D eigenvalue weighted by atomic mass is 10.2. The third kappa shape index (κ3) is 3.53. The Morgan fingerprint density at radius 3 is 2.90 bits per heavy atom. The molecule has 0 aliphatic carbocycles. The zero-order chi connectivity index (χ0) is 14.4. The maximum atomic E-state index is 8.69. The molecule has 1 aromatic heterocycles. The molecule has 0 radical (unpaired) electrons. The first-order valence-corrected chi connectivity index (χ1v) is 7.14. The van der Waals surface area contributed by atoms with Crippen molar-refractivity contribution in [3.8, 4) is 17.6 Å². The molecule has 0 unspecified atom stereocenters. The third-order valence-corrected chi connectivity index (χ3v) is 3.78. The Balaban J connectivity index is 2.11. The highest BCUT2D eigenvalue weighted by molar-refractivity contribution is 7.10. The summed E-state index contributed by atoms with van der Waals surface area (Å²) in [5.41, 5.74) is 2.01. The molecular formula is C16H17NO2S. The maximum Gasteiger partial charge on any atom is 0.142 e. The predicted octanol–water partition coefficient (Wildman–Crippen LogP) is 2.74. The first-order chi connectivity index (χ1) is 9.74. The van der Waals surface area contributed by atoms with Gasteiger partial charge in [0.2, 0.25) is 0 Å². The fourth-order valence-corrected chi connectivity index (χ4v) is 2.80. The lowest BCUT2D eigenvalue weighted by molar-refractivity contribution is 0.350. The van der Waals surface area contributed by atoms with E-state index in [1.807, 2.05) is 36.7 Å². The normalized spacial score (nSPS) is 9.75. The van der Waals surface area contributed by atoms with E-state index in [1.54, 1.807) is 18.4 Å². The van der Waals surface area contributed by atoms with Gasteiger partial charge in [-0.25, -0.2) is 0 Å². The lowest BCUT2D eigenvalue weighted by Crippen LogP contribution is -2.16. The van der Waals surface area contributed by atoms with Crippen molar-refractivity contribution in [2.75, 3.05) is 25.7 Å². The lowest BCUT2D eigenvalue weighted by Gasteiger charge is -2.20. The number of aliphatic hydroxyl groups excluding tert-OH is 1. The zero-order valence-corrected chi connectivity index (χ0v) is 12.4. The van der Waals surface area contributed by atoms with E-state index in [2.05, 4.69) is 22.8 Å². The molecular weight excluding hydrogens is 270 g/mol. The van der Waals surface area contributed by atoms with Crippen LogP contribution in [0.15, 0.2) is 35.7 Å². The van der Waals surface area contributed by atoms with Gasteiger partial charge >= 0.3 is 0 Å². The Labute approximate surface area is 123 Å². The number of benzene rings is 1. The Hall–Kier alpha value is -1.96. The number of para-hydroxylation sites is 2. The summed E-state index contributed by atoms with van der Waals surface area (Å²) < 4.78 is 5.37. The maximum absolute atomic E-state index is 8.69. The van der Waals surface area contributed by atoms with Crippen molar-refractivity contribution >= 4 is 17.0 Å². The van der Waals surface area contributed by atoms with E-state index in [-0.39, 0.29) is 6.61 Å². The van der Waals surface area contributed by atoms with Crippen LogP contribution in [0.3, 0.4) is 0 Å². The minimum atomic E-state index is -0.105. The highest BCUT2D eigenvalue weighted by atomic mass is 32.1. The number of hydrogen-bond donors (Lipinski definition) is 1. The van der Waals surface area contributed by atoms with Gasteiger partial charge in [-0.2, -0.15) is 0 Å². The van der Waals surface area contributed by atoms with Gasteiger partial charge in [-0.05, 0) is 18.2 Å². The number of methoxy groups -OCH3 is 1. The van der Waals surface area contributed by atoms with Crippen LogP contribution in [-0.4, -0.2) is 25.9 Å². The molecule has 0 aliphatic rings. The van der Waals surface area contributed by atoms with E-state index < -0.39 is 0 Å². The molecule has 0 bridgehead atoms. The van der Waals surface area contributed by atoms with Crippen molar-refractivity contribution in [2.45, 2.75) is 6.54 Å². The Bertz CT molecular complexity index is 625. The van der Waals surface area contributed by atoms with Crippen molar-refractivity contribution in [3.05, 3.63) is 46.2 Å². The van der Waals surface area contributed by atoms with Crippen molar-refractivity contribution in [3.63, 3.8) is 0 Å². The third-order valence-electron chi connectivity index (χ3n) is 2.85. The second-order valence-corrected chi connectivity index (χ2v) is 5.29. The van der Waals surface area contributed by atoms with Gasteiger partial charge in [0.1, 0.15) is 12.4 Å². The van der Waals surface area contributed by atoms with Gasteiger partial charge in [-0.3, -0.25) is 0 Å². The van der Waals surface area contributed by atoms with Gasteiger partial charge in [0.25, 0.3) is 0 Å². The SMILES string of the molecule is COc1ccccc1N(C)Cc1cc(C#CCO)cs1. The second kappa shape index (κ2) is 6.99. The van der Waals surface area contributed by atoms with Gasteiger partial charge in [0, 0.05) is 22.9 Å². The molecule has 0 saturated heterocycles. The molecule has 1 N–H and O–H groups in total. The van der Waals surface area contributed by atoms with E-state index in [4.69, 9.17) is 9.84 Å². The van der Waals surface area contributed by atoms with Crippen molar-refractivity contribution in [1.29, 1.82) is 0 Å². The van der Waals surface area contributed by atoms with E-state index in [1.165, 1.54) is 4.88 Å². The average molecular weight is 287 g/mol. The Morgan fingerprint density at radius 2 is 2.15 bits per heavy atom. The summed E-state index contributed by atoms with van der Waals surface area (Å²) in [6, 6.07) is 10.0. The van der Waals surface area contributed by atoms with Crippen LogP contribution in [0.4, 0.5) is 5.69 Å². The number of rotatable bonds is 4. The van der Waals surface area contributed by atoms with Crippen LogP contribution in [0.2, 0.25) is 0 Å². The number of aliphatic hydroxyl groups is 1. The quantitative estimate of drug-likeness (QED) is 0.878. The van der Waals surface area contributed by atoms with Crippen LogP contribution in [0.25, 0.3) is 0 Å². The minimum absolute atomic E-state index is 0.105. The van der Waals surface area contributed by atoms with Crippen LogP contribution in [0, 0.1) is 11.8 Å². The fourth-order valence-electron chi connectivity index (χ4n) is 1.93. The summed E-state index contributed by atoms with van der Waals surface area (Å²) in [6.07, 6.45) is 0. The van der Waals surface area contributed by atoms with Crippen LogP contribution in [0.5, 0.6) is 5.75 Å². The molecule has 104 valence electrons. The zero-order valence-electron chi connectivity index (χ0n) is 11.6. The molecule has 1 aromatic carbocycles. The summed E-state index contributed by atoms with van der Waals surface area (Å²) in [7, 11) is 3.72. The topological polar surface area (TPSA) is 32.7 Å². The van der Waals surface area contributed by atoms with Crippen LogP contribution in [0.1, 0.15) is 10.4 Å². The molecule has 0 fully saturated rings. The highest BCUT2D eigenvalue weighted by Gasteiger charge is 2.08. The molecule has 0 atom stereocenters. The molecule has 2 aromatic rings. The molecule has 0 amide bonds. The average Bonchev–Trinajstić information content (AvgIpc) is 2.92.